The number of carbonyl (C=O) groups excluding carboxylic acids is 2. The van der Waals surface area contributed by atoms with Crippen LogP contribution in [0.2, 0.25) is 0 Å². The molecule has 0 spiro atoms. The second-order valence-electron chi connectivity index (χ2n) is 8.75. The number of rotatable bonds is 3. The Labute approximate surface area is 192 Å². The lowest BCUT2D eigenvalue weighted by Gasteiger charge is -2.35. The van der Waals surface area contributed by atoms with Gasteiger partial charge < -0.3 is 19.0 Å². The van der Waals surface area contributed by atoms with Gasteiger partial charge in [0.05, 0.1) is 30.5 Å². The number of likely N-dealkylation sites (tertiary alicyclic amines) is 1. The second-order valence-corrected chi connectivity index (χ2v) is 8.75. The van der Waals surface area contributed by atoms with E-state index >= 15 is 0 Å². The lowest BCUT2D eigenvalue weighted by Crippen LogP contribution is -2.41. The van der Waals surface area contributed by atoms with Gasteiger partial charge in [0.2, 0.25) is 0 Å². The normalized spacial score (nSPS) is 19.2. The van der Waals surface area contributed by atoms with E-state index in [1.165, 1.54) is 0 Å². The van der Waals surface area contributed by atoms with E-state index < -0.39 is 0 Å². The minimum Gasteiger partial charge on any atom is -0.461 e. The Bertz CT molecular complexity index is 1200. The van der Waals surface area contributed by atoms with E-state index in [9.17, 15) is 9.59 Å². The summed E-state index contributed by atoms with van der Waals surface area (Å²) in [5, 5.41) is 0.921. The molecule has 0 radical (unpaired) electrons. The van der Waals surface area contributed by atoms with Crippen LogP contribution in [0.3, 0.4) is 0 Å². The van der Waals surface area contributed by atoms with Gasteiger partial charge in [0.15, 0.2) is 5.82 Å². The number of nitrogens with zero attached hydrogens (tertiary/aromatic N) is 4. The third-order valence-corrected chi connectivity index (χ3v) is 6.47. The van der Waals surface area contributed by atoms with Crippen LogP contribution in [-0.2, 0) is 4.74 Å². The van der Waals surface area contributed by atoms with Crippen molar-refractivity contribution in [1.29, 1.82) is 0 Å². The Morgan fingerprint density at radius 1 is 1.03 bits per heavy atom. The molecule has 8 nitrogen and oxygen atoms in total. The minimum atomic E-state index is -0.209. The van der Waals surface area contributed by atoms with Crippen molar-refractivity contribution < 1.29 is 18.7 Å². The summed E-state index contributed by atoms with van der Waals surface area (Å²) in [6, 6.07) is 7.28. The number of furan rings is 1. The number of aromatic nitrogens is 2. The first kappa shape index (κ1) is 21.6. The Kier molecular flexibility index (Phi) is 5.85. The number of ether oxygens (including phenoxy) is 1. The van der Waals surface area contributed by atoms with Gasteiger partial charge in [-0.15, -0.1) is 0 Å². The molecule has 8 heteroatoms. The average Bonchev–Trinajstić information content (AvgIpc) is 3.23. The largest absolute Gasteiger partial charge is 0.461 e. The molecule has 5 rings (SSSR count). The summed E-state index contributed by atoms with van der Waals surface area (Å²) in [6.45, 7) is 6.64. The van der Waals surface area contributed by atoms with E-state index in [1.54, 1.807) is 11.1 Å². The van der Waals surface area contributed by atoms with Crippen LogP contribution in [0.5, 0.6) is 0 Å². The quantitative estimate of drug-likeness (QED) is 0.607. The molecule has 2 aliphatic heterocycles. The molecule has 0 bridgehead atoms. The van der Waals surface area contributed by atoms with Gasteiger partial charge in [-0.25, -0.2) is 9.97 Å². The van der Waals surface area contributed by atoms with Crippen LogP contribution in [0.4, 0.5) is 0 Å². The third-order valence-electron chi connectivity index (χ3n) is 6.47. The molecule has 2 aromatic heterocycles. The van der Waals surface area contributed by atoms with Crippen molar-refractivity contribution in [1.82, 2.24) is 19.8 Å². The fraction of sp³-hybridized carbons (Fsp3) is 0.440. The first-order chi connectivity index (χ1) is 16.0. The van der Waals surface area contributed by atoms with Gasteiger partial charge in [-0.1, -0.05) is 0 Å². The van der Waals surface area contributed by atoms with Crippen LogP contribution in [0, 0.1) is 13.8 Å². The van der Waals surface area contributed by atoms with E-state index in [2.05, 4.69) is 4.98 Å². The zero-order valence-electron chi connectivity index (χ0n) is 19.0. The van der Waals surface area contributed by atoms with Gasteiger partial charge in [-0.05, 0) is 57.4 Å². The number of piperidine rings is 1. The summed E-state index contributed by atoms with van der Waals surface area (Å²) in [5.74, 6) is 1.32. The van der Waals surface area contributed by atoms with Gasteiger partial charge >= 0.3 is 0 Å². The van der Waals surface area contributed by atoms with Crippen LogP contribution < -0.4 is 0 Å². The summed E-state index contributed by atoms with van der Waals surface area (Å²) in [5.41, 5.74) is 2.56. The molecule has 2 fully saturated rings. The Balaban J connectivity index is 1.40. The van der Waals surface area contributed by atoms with Crippen LogP contribution in [0.1, 0.15) is 63.3 Å². The fourth-order valence-corrected chi connectivity index (χ4v) is 4.71. The molecule has 1 atom stereocenters. The fourth-order valence-electron chi connectivity index (χ4n) is 4.71. The maximum atomic E-state index is 13.5. The molecule has 172 valence electrons. The summed E-state index contributed by atoms with van der Waals surface area (Å²) < 4.78 is 11.0. The topological polar surface area (TPSA) is 88.8 Å². The van der Waals surface area contributed by atoms with E-state index in [1.807, 2.05) is 43.0 Å². The molecule has 2 aliphatic rings. The predicted octanol–water partition coefficient (Wildman–Crippen LogP) is 3.68. The van der Waals surface area contributed by atoms with Crippen molar-refractivity contribution in [2.24, 2.45) is 0 Å². The zero-order valence-corrected chi connectivity index (χ0v) is 19.0. The average molecular weight is 449 g/mol. The second kappa shape index (κ2) is 8.94. The summed E-state index contributed by atoms with van der Waals surface area (Å²) in [6.07, 6.45) is 4.37. The molecular weight excluding hydrogens is 420 g/mol. The van der Waals surface area contributed by atoms with Crippen LogP contribution >= 0.6 is 0 Å². The van der Waals surface area contributed by atoms with Crippen molar-refractivity contribution in [2.45, 2.75) is 39.2 Å². The molecular formula is C25H28N4O4. The highest BCUT2D eigenvalue weighted by molar-refractivity contribution is 5.98. The molecule has 2 amide bonds. The Morgan fingerprint density at radius 3 is 2.64 bits per heavy atom. The standard InChI is InChI=1S/C25H28N4O4/c1-16-13-19-14-18(6-7-22(19)33-16)24(30)29-8-4-3-5-21(29)23-26-15-20(17(2)27-23)25(31)28-9-11-32-12-10-28/h6-7,13-15,21H,3-5,8-12H2,1-2H3/t21-/m1/s1. The van der Waals surface area contributed by atoms with Crippen LogP contribution in [0.25, 0.3) is 11.0 Å². The predicted molar refractivity (Wildman–Crippen MR) is 122 cm³/mol. The molecule has 0 saturated carbocycles. The summed E-state index contributed by atoms with van der Waals surface area (Å²) in [7, 11) is 0. The first-order valence-corrected chi connectivity index (χ1v) is 11.5. The molecule has 1 aromatic carbocycles. The smallest absolute Gasteiger partial charge is 0.257 e. The molecule has 4 heterocycles. The molecule has 0 N–H and O–H groups in total. The highest BCUT2D eigenvalue weighted by Crippen LogP contribution is 2.31. The van der Waals surface area contributed by atoms with Crippen molar-refractivity contribution in [3.63, 3.8) is 0 Å². The number of benzene rings is 1. The molecule has 33 heavy (non-hydrogen) atoms. The van der Waals surface area contributed by atoms with E-state index in [4.69, 9.17) is 14.1 Å². The van der Waals surface area contributed by atoms with Gasteiger partial charge in [0.25, 0.3) is 11.8 Å². The number of hydrogen-bond donors (Lipinski definition) is 0. The minimum absolute atomic E-state index is 0.0322. The van der Waals surface area contributed by atoms with Crippen molar-refractivity contribution >= 4 is 22.8 Å². The number of carbonyl (C=O) groups is 2. The van der Waals surface area contributed by atoms with Crippen LogP contribution in [-0.4, -0.2) is 64.4 Å². The zero-order chi connectivity index (χ0) is 22.9. The van der Waals surface area contributed by atoms with Gasteiger partial charge in [0, 0.05) is 36.8 Å². The maximum absolute atomic E-state index is 13.5. The van der Waals surface area contributed by atoms with Crippen molar-refractivity contribution in [3.05, 3.63) is 58.9 Å². The van der Waals surface area contributed by atoms with Crippen LogP contribution in [0.15, 0.2) is 34.9 Å². The lowest BCUT2D eigenvalue weighted by molar-refractivity contribution is 0.0301. The molecule has 0 aliphatic carbocycles. The van der Waals surface area contributed by atoms with Gasteiger partial charge in [0.1, 0.15) is 11.3 Å². The van der Waals surface area contributed by atoms with Gasteiger partial charge in [-0.2, -0.15) is 0 Å². The number of fused-ring (bicyclic) bond motifs is 1. The number of hydrogen-bond acceptors (Lipinski definition) is 6. The SMILES string of the molecule is Cc1cc2cc(C(=O)N3CCCC[C@@H]3c3ncc(C(=O)N4CCOCC4)c(C)n3)ccc2o1. The number of morpholine rings is 1. The molecule has 2 saturated heterocycles. The molecule has 0 unspecified atom stereocenters. The first-order valence-electron chi connectivity index (χ1n) is 11.5. The lowest BCUT2D eigenvalue weighted by atomic mass is 9.99. The van der Waals surface area contributed by atoms with Crippen molar-refractivity contribution in [2.75, 3.05) is 32.8 Å². The van der Waals surface area contributed by atoms with E-state index in [0.29, 0.717) is 55.5 Å². The highest BCUT2D eigenvalue weighted by Gasteiger charge is 2.32. The Hall–Kier alpha value is -3.26. The maximum Gasteiger partial charge on any atom is 0.257 e. The monoisotopic (exact) mass is 448 g/mol. The highest BCUT2D eigenvalue weighted by atomic mass is 16.5. The molecule has 3 aromatic rings. The Morgan fingerprint density at radius 2 is 1.85 bits per heavy atom. The number of aryl methyl sites for hydroxylation is 2. The third kappa shape index (κ3) is 4.23. The summed E-state index contributed by atoms with van der Waals surface area (Å²) in [4.78, 5) is 39.3. The summed E-state index contributed by atoms with van der Waals surface area (Å²) >= 11 is 0. The number of amides is 2. The van der Waals surface area contributed by atoms with Crippen molar-refractivity contribution in [3.8, 4) is 0 Å². The van der Waals surface area contributed by atoms with E-state index in [0.717, 1.165) is 36.0 Å². The van der Waals surface area contributed by atoms with E-state index in [-0.39, 0.29) is 17.9 Å². The van der Waals surface area contributed by atoms with Gasteiger partial charge in [-0.3, -0.25) is 9.59 Å².